The quantitative estimate of drug-likeness (QED) is 0.808. The lowest BCUT2D eigenvalue weighted by Gasteiger charge is -2.02. The van der Waals surface area contributed by atoms with Crippen molar-refractivity contribution in [3.63, 3.8) is 0 Å². The Morgan fingerprint density at radius 1 is 1.58 bits per heavy atom. The lowest BCUT2D eigenvalue weighted by Crippen LogP contribution is -2.16. The molecule has 1 aromatic rings. The third-order valence-electron chi connectivity index (χ3n) is 1.10. The maximum atomic E-state index is 12.5. The number of hydrogen-bond donors (Lipinski definition) is 1. The van der Waals surface area contributed by atoms with E-state index in [1.54, 1.807) is 0 Å². The van der Waals surface area contributed by atoms with Crippen molar-refractivity contribution in [2.75, 3.05) is 0 Å². The highest BCUT2D eigenvalue weighted by atomic mass is 79.9. The van der Waals surface area contributed by atoms with E-state index >= 15 is 0 Å². The molecule has 1 rings (SSSR count). The van der Waals surface area contributed by atoms with Crippen LogP contribution in [-0.2, 0) is 0 Å². The molecule has 0 aromatic heterocycles. The maximum Gasteiger partial charge on any atom is 0.410 e. The molecule has 2 N–H and O–H groups in total. The Bertz CT molecular complexity index is 316. The highest BCUT2D eigenvalue weighted by Gasteiger charge is 2.04. The number of hydrogen-bond acceptors (Lipinski definition) is 2. The molecule has 12 heavy (non-hydrogen) atoms. The van der Waals surface area contributed by atoms with Crippen LogP contribution in [0.15, 0.2) is 22.7 Å². The molecule has 1 aromatic carbocycles. The van der Waals surface area contributed by atoms with Crippen molar-refractivity contribution in [1.29, 1.82) is 0 Å². The Kier molecular flexibility index (Phi) is 2.65. The second-order valence-electron chi connectivity index (χ2n) is 2.00. The first-order valence-electron chi connectivity index (χ1n) is 3.02. The molecule has 0 aliphatic heterocycles. The smallest absolute Gasteiger partial charge is 0.409 e. The summed E-state index contributed by atoms with van der Waals surface area (Å²) in [6, 6.07) is 3.66. The van der Waals surface area contributed by atoms with Gasteiger partial charge >= 0.3 is 6.09 Å². The Balaban J connectivity index is 2.93. The zero-order chi connectivity index (χ0) is 9.14. The number of nitrogens with two attached hydrogens (primary N) is 1. The number of amides is 1. The number of benzene rings is 1. The first kappa shape index (κ1) is 8.99. The number of halogens is 2. The normalized spacial score (nSPS) is 9.50. The minimum Gasteiger partial charge on any atom is -0.409 e. The molecule has 0 atom stereocenters. The summed E-state index contributed by atoms with van der Waals surface area (Å²) in [4.78, 5) is 10.3. The molecule has 0 saturated heterocycles. The van der Waals surface area contributed by atoms with Crippen molar-refractivity contribution < 1.29 is 13.9 Å². The summed E-state index contributed by atoms with van der Waals surface area (Å²) in [6.07, 6.45) is -0.928. The molecular weight excluding hydrogens is 229 g/mol. The lowest BCUT2D eigenvalue weighted by molar-refractivity contribution is 0.210. The highest BCUT2D eigenvalue weighted by molar-refractivity contribution is 9.10. The number of ether oxygens (including phenoxy) is 1. The molecule has 0 heterocycles. The molecule has 0 saturated carbocycles. The van der Waals surface area contributed by atoms with Gasteiger partial charge in [0.25, 0.3) is 0 Å². The van der Waals surface area contributed by atoms with Crippen LogP contribution in [0.25, 0.3) is 0 Å². The van der Waals surface area contributed by atoms with E-state index in [0.717, 1.165) is 0 Å². The molecule has 0 unspecified atom stereocenters. The SMILES string of the molecule is NC(=O)Oc1ccc(F)cc1Br. The number of primary amides is 1. The van der Waals surface area contributed by atoms with Gasteiger partial charge in [-0.15, -0.1) is 0 Å². The fraction of sp³-hybridized carbons (Fsp3) is 0. The molecular formula is C7H5BrFNO2. The third kappa shape index (κ3) is 2.20. The van der Waals surface area contributed by atoms with Gasteiger partial charge in [-0.25, -0.2) is 9.18 Å². The summed E-state index contributed by atoms with van der Waals surface area (Å²) in [7, 11) is 0. The Morgan fingerprint density at radius 2 is 2.25 bits per heavy atom. The van der Waals surface area contributed by atoms with Crippen LogP contribution in [0, 0.1) is 5.82 Å². The predicted molar refractivity (Wildman–Crippen MR) is 44.3 cm³/mol. The van der Waals surface area contributed by atoms with Crippen LogP contribution in [0.2, 0.25) is 0 Å². The second kappa shape index (κ2) is 3.53. The van der Waals surface area contributed by atoms with E-state index in [0.29, 0.717) is 4.47 Å². The van der Waals surface area contributed by atoms with Crippen LogP contribution in [0.4, 0.5) is 9.18 Å². The topological polar surface area (TPSA) is 52.3 Å². The van der Waals surface area contributed by atoms with Crippen LogP contribution in [0.5, 0.6) is 5.75 Å². The Morgan fingerprint density at radius 3 is 2.75 bits per heavy atom. The number of rotatable bonds is 1. The van der Waals surface area contributed by atoms with Gasteiger partial charge in [-0.3, -0.25) is 0 Å². The summed E-state index contributed by atoms with van der Waals surface area (Å²) in [5, 5.41) is 0. The minimum absolute atomic E-state index is 0.198. The van der Waals surface area contributed by atoms with Gasteiger partial charge in [0.1, 0.15) is 11.6 Å². The Labute approximate surface area is 76.4 Å². The van der Waals surface area contributed by atoms with Crippen molar-refractivity contribution in [2.45, 2.75) is 0 Å². The standard InChI is InChI=1S/C7H5BrFNO2/c8-5-3-4(9)1-2-6(5)12-7(10)11/h1-3H,(H2,10,11). The molecule has 5 heteroatoms. The fourth-order valence-electron chi connectivity index (χ4n) is 0.666. The summed E-state index contributed by atoms with van der Waals surface area (Å²) in [5.41, 5.74) is 4.76. The van der Waals surface area contributed by atoms with Gasteiger partial charge in [0.15, 0.2) is 0 Å². The van der Waals surface area contributed by atoms with Crippen molar-refractivity contribution in [3.8, 4) is 5.75 Å². The maximum absolute atomic E-state index is 12.5. The molecule has 3 nitrogen and oxygen atoms in total. The van der Waals surface area contributed by atoms with Crippen LogP contribution in [0.1, 0.15) is 0 Å². The fourth-order valence-corrected chi connectivity index (χ4v) is 1.10. The predicted octanol–water partition coefficient (Wildman–Crippen LogP) is 2.05. The molecule has 0 spiro atoms. The van der Waals surface area contributed by atoms with Crippen LogP contribution in [0.3, 0.4) is 0 Å². The van der Waals surface area contributed by atoms with Crippen molar-refractivity contribution >= 4 is 22.0 Å². The first-order chi connectivity index (χ1) is 5.59. The minimum atomic E-state index is -0.928. The van der Waals surface area contributed by atoms with Crippen molar-refractivity contribution in [1.82, 2.24) is 0 Å². The van der Waals surface area contributed by atoms with E-state index < -0.39 is 11.9 Å². The molecule has 0 aliphatic rings. The van der Waals surface area contributed by atoms with Gasteiger partial charge in [0.2, 0.25) is 0 Å². The molecule has 0 fully saturated rings. The molecule has 0 aliphatic carbocycles. The molecule has 0 bridgehead atoms. The highest BCUT2D eigenvalue weighted by Crippen LogP contribution is 2.25. The van der Waals surface area contributed by atoms with Crippen LogP contribution in [-0.4, -0.2) is 6.09 Å². The largest absolute Gasteiger partial charge is 0.410 e. The van der Waals surface area contributed by atoms with Gasteiger partial charge in [0.05, 0.1) is 4.47 Å². The Hall–Kier alpha value is -1.10. The van der Waals surface area contributed by atoms with E-state index in [1.807, 2.05) is 0 Å². The van der Waals surface area contributed by atoms with Crippen molar-refractivity contribution in [2.24, 2.45) is 5.73 Å². The van der Waals surface area contributed by atoms with Crippen LogP contribution >= 0.6 is 15.9 Å². The number of carbonyl (C=O) groups is 1. The van der Waals surface area contributed by atoms with Crippen molar-refractivity contribution in [3.05, 3.63) is 28.5 Å². The summed E-state index contributed by atoms with van der Waals surface area (Å²) >= 11 is 3.00. The monoisotopic (exact) mass is 233 g/mol. The average molecular weight is 234 g/mol. The lowest BCUT2D eigenvalue weighted by atomic mass is 10.3. The van der Waals surface area contributed by atoms with E-state index in [2.05, 4.69) is 20.7 Å². The summed E-state index contributed by atoms with van der Waals surface area (Å²) in [5.74, 6) is -0.220. The second-order valence-corrected chi connectivity index (χ2v) is 2.85. The van der Waals surface area contributed by atoms with Gasteiger partial charge < -0.3 is 10.5 Å². The van der Waals surface area contributed by atoms with E-state index in [4.69, 9.17) is 5.73 Å². The van der Waals surface area contributed by atoms with E-state index in [1.165, 1.54) is 18.2 Å². The zero-order valence-electron chi connectivity index (χ0n) is 5.88. The molecule has 1 amide bonds. The zero-order valence-corrected chi connectivity index (χ0v) is 7.47. The van der Waals surface area contributed by atoms with Gasteiger partial charge in [-0.1, -0.05) is 0 Å². The first-order valence-corrected chi connectivity index (χ1v) is 3.81. The summed E-state index contributed by atoms with van der Waals surface area (Å²) < 4.78 is 17.4. The van der Waals surface area contributed by atoms with Gasteiger partial charge in [0, 0.05) is 0 Å². The van der Waals surface area contributed by atoms with Gasteiger partial charge in [-0.05, 0) is 34.1 Å². The number of carbonyl (C=O) groups excluding carboxylic acids is 1. The third-order valence-corrected chi connectivity index (χ3v) is 1.72. The summed E-state index contributed by atoms with van der Waals surface area (Å²) in [6.45, 7) is 0. The average Bonchev–Trinajstić information content (AvgIpc) is 1.94. The molecule has 64 valence electrons. The van der Waals surface area contributed by atoms with E-state index in [9.17, 15) is 9.18 Å². The molecule has 0 radical (unpaired) electrons. The van der Waals surface area contributed by atoms with Crippen LogP contribution < -0.4 is 10.5 Å². The van der Waals surface area contributed by atoms with E-state index in [-0.39, 0.29) is 5.75 Å². The van der Waals surface area contributed by atoms with Gasteiger partial charge in [-0.2, -0.15) is 0 Å².